The Bertz CT molecular complexity index is 597. The molecule has 0 saturated heterocycles. The van der Waals surface area contributed by atoms with Gasteiger partial charge in [-0.3, -0.25) is 0 Å². The third-order valence-corrected chi connectivity index (χ3v) is 5.03. The van der Waals surface area contributed by atoms with Crippen LogP contribution in [0.15, 0.2) is 30.3 Å². The third-order valence-electron chi connectivity index (χ3n) is 3.25. The molecule has 19 heavy (non-hydrogen) atoms. The van der Waals surface area contributed by atoms with Gasteiger partial charge in [-0.1, -0.05) is 69.0 Å². The molecular formula is C16H15BrCl2. The second-order valence-electron chi connectivity index (χ2n) is 4.82. The van der Waals surface area contributed by atoms with E-state index in [0.29, 0.717) is 10.0 Å². The number of aryl methyl sites for hydroxylation is 3. The Morgan fingerprint density at radius 3 is 2.16 bits per heavy atom. The van der Waals surface area contributed by atoms with Gasteiger partial charge < -0.3 is 0 Å². The van der Waals surface area contributed by atoms with Crippen LogP contribution in [0.5, 0.6) is 0 Å². The Morgan fingerprint density at radius 1 is 1.00 bits per heavy atom. The summed E-state index contributed by atoms with van der Waals surface area (Å²) < 4.78 is 0. The third kappa shape index (κ3) is 2.99. The van der Waals surface area contributed by atoms with Gasteiger partial charge in [0.15, 0.2) is 0 Å². The standard InChI is InChI=1S/C16H15BrCl2/c1-9-7-10(2)14(11(3)8-9)15(17)12-5-4-6-13(18)16(12)19/h4-8,15H,1-3H3. The fraction of sp³-hybridized carbons (Fsp3) is 0.250. The van der Waals surface area contributed by atoms with Crippen LogP contribution in [-0.4, -0.2) is 0 Å². The number of halogens is 3. The zero-order chi connectivity index (χ0) is 14.2. The van der Waals surface area contributed by atoms with E-state index >= 15 is 0 Å². The second kappa shape index (κ2) is 5.87. The van der Waals surface area contributed by atoms with Gasteiger partial charge in [-0.05, 0) is 49.1 Å². The summed E-state index contributed by atoms with van der Waals surface area (Å²) in [5.41, 5.74) is 6.06. The van der Waals surface area contributed by atoms with E-state index in [1.54, 1.807) is 0 Å². The normalized spacial score (nSPS) is 12.5. The molecule has 0 radical (unpaired) electrons. The smallest absolute Gasteiger partial charge is 0.0664 e. The van der Waals surface area contributed by atoms with Crippen LogP contribution in [-0.2, 0) is 0 Å². The predicted molar refractivity (Wildman–Crippen MR) is 87.9 cm³/mol. The Hall–Kier alpha value is -0.500. The summed E-state index contributed by atoms with van der Waals surface area (Å²) >= 11 is 16.2. The van der Waals surface area contributed by atoms with Crippen LogP contribution >= 0.6 is 39.1 Å². The van der Waals surface area contributed by atoms with Crippen molar-refractivity contribution in [3.63, 3.8) is 0 Å². The molecule has 1 unspecified atom stereocenters. The summed E-state index contributed by atoms with van der Waals surface area (Å²) in [6.45, 7) is 6.36. The lowest BCUT2D eigenvalue weighted by atomic mass is 9.94. The number of hydrogen-bond donors (Lipinski definition) is 0. The molecule has 0 bridgehead atoms. The van der Waals surface area contributed by atoms with Crippen LogP contribution in [0.25, 0.3) is 0 Å². The van der Waals surface area contributed by atoms with Gasteiger partial charge in [0.25, 0.3) is 0 Å². The van der Waals surface area contributed by atoms with Crippen molar-refractivity contribution < 1.29 is 0 Å². The van der Waals surface area contributed by atoms with Crippen LogP contribution in [0.2, 0.25) is 10.0 Å². The van der Waals surface area contributed by atoms with Gasteiger partial charge in [-0.25, -0.2) is 0 Å². The van der Waals surface area contributed by atoms with Crippen molar-refractivity contribution in [3.8, 4) is 0 Å². The molecule has 0 aliphatic rings. The van der Waals surface area contributed by atoms with E-state index in [1.165, 1.54) is 22.3 Å². The van der Waals surface area contributed by atoms with Crippen molar-refractivity contribution in [1.82, 2.24) is 0 Å². The molecule has 2 rings (SSSR count). The molecule has 100 valence electrons. The highest BCUT2D eigenvalue weighted by Crippen LogP contribution is 2.40. The first kappa shape index (κ1) is 14.9. The molecule has 0 N–H and O–H groups in total. The molecule has 3 heteroatoms. The average Bonchev–Trinajstić information content (AvgIpc) is 2.31. The quantitative estimate of drug-likeness (QED) is 0.545. The molecule has 0 saturated carbocycles. The van der Waals surface area contributed by atoms with Gasteiger partial charge in [0.2, 0.25) is 0 Å². The monoisotopic (exact) mass is 356 g/mol. The molecule has 0 aliphatic heterocycles. The van der Waals surface area contributed by atoms with Crippen molar-refractivity contribution in [2.24, 2.45) is 0 Å². The summed E-state index contributed by atoms with van der Waals surface area (Å²) in [5.74, 6) is 0. The molecular weight excluding hydrogens is 343 g/mol. The number of hydrogen-bond acceptors (Lipinski definition) is 0. The molecule has 0 spiro atoms. The van der Waals surface area contributed by atoms with Gasteiger partial charge in [0.1, 0.15) is 0 Å². The topological polar surface area (TPSA) is 0 Å². The van der Waals surface area contributed by atoms with Crippen molar-refractivity contribution >= 4 is 39.1 Å². The molecule has 0 nitrogen and oxygen atoms in total. The van der Waals surface area contributed by atoms with E-state index in [2.05, 4.69) is 48.8 Å². The highest BCUT2D eigenvalue weighted by molar-refractivity contribution is 9.09. The fourth-order valence-corrected chi connectivity index (χ4v) is 4.12. The summed E-state index contributed by atoms with van der Waals surface area (Å²) in [4.78, 5) is 0.0549. The first-order valence-corrected chi connectivity index (χ1v) is 7.74. The minimum Gasteiger partial charge on any atom is -0.0827 e. The first-order chi connectivity index (χ1) is 8.91. The second-order valence-corrected chi connectivity index (χ2v) is 6.52. The maximum atomic E-state index is 6.31. The minimum atomic E-state index is 0.0549. The first-order valence-electron chi connectivity index (χ1n) is 6.07. The van der Waals surface area contributed by atoms with Gasteiger partial charge in [-0.2, -0.15) is 0 Å². The van der Waals surface area contributed by atoms with Crippen LogP contribution in [0, 0.1) is 20.8 Å². The zero-order valence-corrected chi connectivity index (χ0v) is 14.2. The molecule has 1 atom stereocenters. The van der Waals surface area contributed by atoms with E-state index in [4.69, 9.17) is 23.2 Å². The molecule has 2 aromatic carbocycles. The Balaban J connectivity index is 2.56. The molecule has 0 fully saturated rings. The molecule has 0 heterocycles. The molecule has 2 aromatic rings. The fourth-order valence-electron chi connectivity index (χ4n) is 2.46. The van der Waals surface area contributed by atoms with Crippen LogP contribution in [0.1, 0.15) is 32.6 Å². The lowest BCUT2D eigenvalue weighted by Crippen LogP contribution is -2.01. The lowest BCUT2D eigenvalue weighted by Gasteiger charge is -2.19. The minimum absolute atomic E-state index is 0.0549. The largest absolute Gasteiger partial charge is 0.0827 e. The SMILES string of the molecule is Cc1cc(C)c(C(Br)c2cccc(Cl)c2Cl)c(C)c1. The van der Waals surface area contributed by atoms with Crippen LogP contribution in [0.3, 0.4) is 0 Å². The van der Waals surface area contributed by atoms with Crippen LogP contribution in [0.4, 0.5) is 0 Å². The maximum absolute atomic E-state index is 6.31. The summed E-state index contributed by atoms with van der Waals surface area (Å²) in [5, 5.41) is 1.21. The van der Waals surface area contributed by atoms with E-state index in [1.807, 2.05) is 18.2 Å². The number of alkyl halides is 1. The predicted octanol–water partition coefficient (Wildman–Crippen LogP) is 6.40. The zero-order valence-electron chi connectivity index (χ0n) is 11.1. The van der Waals surface area contributed by atoms with Gasteiger partial charge in [0.05, 0.1) is 14.9 Å². The molecule has 0 amide bonds. The van der Waals surface area contributed by atoms with E-state index in [-0.39, 0.29) is 4.83 Å². The highest BCUT2D eigenvalue weighted by Gasteiger charge is 2.19. The van der Waals surface area contributed by atoms with Crippen molar-refractivity contribution in [2.45, 2.75) is 25.6 Å². The van der Waals surface area contributed by atoms with E-state index < -0.39 is 0 Å². The number of benzene rings is 2. The van der Waals surface area contributed by atoms with Crippen molar-refractivity contribution in [1.29, 1.82) is 0 Å². The average molecular weight is 358 g/mol. The summed E-state index contributed by atoms with van der Waals surface area (Å²) in [7, 11) is 0. The Labute approximate surface area is 132 Å². The Kier molecular flexibility index (Phi) is 4.60. The van der Waals surface area contributed by atoms with Crippen molar-refractivity contribution in [2.75, 3.05) is 0 Å². The highest BCUT2D eigenvalue weighted by atomic mass is 79.9. The van der Waals surface area contributed by atoms with E-state index in [0.717, 1.165) is 5.56 Å². The van der Waals surface area contributed by atoms with Crippen LogP contribution < -0.4 is 0 Å². The van der Waals surface area contributed by atoms with Gasteiger partial charge >= 0.3 is 0 Å². The lowest BCUT2D eigenvalue weighted by molar-refractivity contribution is 1.10. The molecule has 0 aliphatic carbocycles. The summed E-state index contributed by atoms with van der Waals surface area (Å²) in [6.07, 6.45) is 0. The van der Waals surface area contributed by atoms with Gasteiger partial charge in [0, 0.05) is 0 Å². The van der Waals surface area contributed by atoms with Crippen molar-refractivity contribution in [3.05, 3.63) is 68.2 Å². The Morgan fingerprint density at radius 2 is 1.58 bits per heavy atom. The van der Waals surface area contributed by atoms with Gasteiger partial charge in [-0.15, -0.1) is 0 Å². The number of rotatable bonds is 2. The van der Waals surface area contributed by atoms with E-state index in [9.17, 15) is 0 Å². The molecule has 0 aromatic heterocycles. The maximum Gasteiger partial charge on any atom is 0.0664 e. The summed E-state index contributed by atoms with van der Waals surface area (Å²) in [6, 6.07) is 10.1.